The molecular weight excluding hydrogens is 146 g/mol. The normalized spacial score (nSPS) is 35.8. The van der Waals surface area contributed by atoms with Crippen LogP contribution in [0.15, 0.2) is 0 Å². The van der Waals surface area contributed by atoms with Crippen molar-refractivity contribution in [1.29, 1.82) is 0 Å². The molecule has 0 saturated heterocycles. The van der Waals surface area contributed by atoms with Crippen molar-refractivity contribution >= 4 is 0 Å². The van der Waals surface area contributed by atoms with Gasteiger partial charge in [0.1, 0.15) is 0 Å². The van der Waals surface area contributed by atoms with Gasteiger partial charge in [0.15, 0.2) is 0 Å². The summed E-state index contributed by atoms with van der Waals surface area (Å²) in [6.07, 6.45) is 8.78. The van der Waals surface area contributed by atoms with Crippen molar-refractivity contribution < 1.29 is 0 Å². The highest BCUT2D eigenvalue weighted by molar-refractivity contribution is 4.89. The predicted octanol–water partition coefficient (Wildman–Crippen LogP) is 2.56. The maximum Gasteiger partial charge on any atom is 0.00699 e. The molecule has 1 N–H and O–H groups in total. The largest absolute Gasteiger partial charge is 0.314 e. The van der Waals surface area contributed by atoms with Crippen LogP contribution in [0, 0.1) is 11.8 Å². The summed E-state index contributed by atoms with van der Waals surface area (Å²) in [4.78, 5) is 0. The first-order chi connectivity index (χ1) is 5.90. The van der Waals surface area contributed by atoms with Gasteiger partial charge in [0.25, 0.3) is 0 Å². The van der Waals surface area contributed by atoms with Gasteiger partial charge >= 0.3 is 0 Å². The molecule has 0 amide bonds. The zero-order valence-corrected chi connectivity index (χ0v) is 8.18. The van der Waals surface area contributed by atoms with Gasteiger partial charge in [0.05, 0.1) is 0 Å². The topological polar surface area (TPSA) is 12.0 Å². The van der Waals surface area contributed by atoms with E-state index in [-0.39, 0.29) is 0 Å². The highest BCUT2D eigenvalue weighted by Crippen LogP contribution is 2.44. The molecule has 2 aliphatic carbocycles. The highest BCUT2D eigenvalue weighted by atomic mass is 14.9. The average Bonchev–Trinajstić information content (AvgIpc) is 2.83. The van der Waals surface area contributed by atoms with E-state index in [9.17, 15) is 0 Å². The van der Waals surface area contributed by atoms with E-state index >= 15 is 0 Å². The van der Waals surface area contributed by atoms with Crippen molar-refractivity contribution in [2.75, 3.05) is 6.54 Å². The van der Waals surface area contributed by atoms with Crippen LogP contribution < -0.4 is 5.32 Å². The van der Waals surface area contributed by atoms with Crippen molar-refractivity contribution in [1.82, 2.24) is 5.32 Å². The quantitative estimate of drug-likeness (QED) is 0.678. The molecule has 0 heterocycles. The molecule has 12 heavy (non-hydrogen) atoms. The van der Waals surface area contributed by atoms with Gasteiger partial charge in [0.2, 0.25) is 0 Å². The van der Waals surface area contributed by atoms with Crippen molar-refractivity contribution in [3.8, 4) is 0 Å². The lowest BCUT2D eigenvalue weighted by molar-refractivity contribution is 0.447. The van der Waals surface area contributed by atoms with E-state index in [0.29, 0.717) is 0 Å². The van der Waals surface area contributed by atoms with Crippen LogP contribution in [0.4, 0.5) is 0 Å². The third-order valence-corrected chi connectivity index (χ3v) is 3.44. The summed E-state index contributed by atoms with van der Waals surface area (Å²) in [6, 6.07) is 0.871. The third kappa shape index (κ3) is 2.01. The van der Waals surface area contributed by atoms with Gasteiger partial charge in [-0.05, 0) is 56.9 Å². The summed E-state index contributed by atoms with van der Waals surface area (Å²) < 4.78 is 0. The molecule has 0 aromatic carbocycles. The number of nitrogens with one attached hydrogen (secondary N) is 1. The van der Waals surface area contributed by atoms with Crippen LogP contribution in [-0.2, 0) is 0 Å². The molecule has 0 aromatic heterocycles. The molecule has 2 atom stereocenters. The summed E-state index contributed by atoms with van der Waals surface area (Å²) in [7, 11) is 0. The number of hydrogen-bond donors (Lipinski definition) is 1. The average molecular weight is 167 g/mol. The summed E-state index contributed by atoms with van der Waals surface area (Å²) in [5.74, 6) is 2.23. The Morgan fingerprint density at radius 1 is 1.08 bits per heavy atom. The Balaban J connectivity index is 1.67. The van der Waals surface area contributed by atoms with E-state index < -0.39 is 0 Å². The Bertz CT molecular complexity index is 140. The zero-order valence-electron chi connectivity index (χ0n) is 8.18. The SMILES string of the molecule is CCCNC1CCC(C2CC2)C1. The molecule has 0 aromatic rings. The molecular formula is C11H21N. The Morgan fingerprint density at radius 2 is 1.83 bits per heavy atom. The number of rotatable bonds is 4. The predicted molar refractivity (Wildman–Crippen MR) is 52.1 cm³/mol. The minimum absolute atomic E-state index is 0.871. The van der Waals surface area contributed by atoms with E-state index in [4.69, 9.17) is 0 Å². The molecule has 70 valence electrons. The fourth-order valence-corrected chi connectivity index (χ4v) is 2.55. The Labute approximate surface area is 75.9 Å². The van der Waals surface area contributed by atoms with Gasteiger partial charge in [-0.1, -0.05) is 6.92 Å². The first kappa shape index (κ1) is 8.55. The summed E-state index contributed by atoms with van der Waals surface area (Å²) in [5.41, 5.74) is 0. The second kappa shape index (κ2) is 3.78. The molecule has 0 bridgehead atoms. The van der Waals surface area contributed by atoms with Crippen molar-refractivity contribution in [3.05, 3.63) is 0 Å². The van der Waals surface area contributed by atoms with E-state index in [0.717, 1.165) is 17.9 Å². The third-order valence-electron chi connectivity index (χ3n) is 3.44. The fraction of sp³-hybridized carbons (Fsp3) is 1.00. The molecule has 0 radical (unpaired) electrons. The van der Waals surface area contributed by atoms with Crippen LogP contribution in [-0.4, -0.2) is 12.6 Å². The minimum atomic E-state index is 0.871. The maximum absolute atomic E-state index is 3.64. The molecule has 2 fully saturated rings. The van der Waals surface area contributed by atoms with Crippen molar-refractivity contribution in [3.63, 3.8) is 0 Å². The van der Waals surface area contributed by atoms with Crippen LogP contribution >= 0.6 is 0 Å². The first-order valence-electron chi connectivity index (χ1n) is 5.63. The van der Waals surface area contributed by atoms with Gasteiger partial charge in [-0.25, -0.2) is 0 Å². The number of hydrogen-bond acceptors (Lipinski definition) is 1. The Hall–Kier alpha value is -0.0400. The lowest BCUT2D eigenvalue weighted by Gasteiger charge is -2.11. The second-order valence-electron chi connectivity index (χ2n) is 4.56. The van der Waals surface area contributed by atoms with E-state index in [1.165, 1.54) is 45.1 Å². The Morgan fingerprint density at radius 3 is 2.50 bits per heavy atom. The van der Waals surface area contributed by atoms with Gasteiger partial charge in [0, 0.05) is 6.04 Å². The first-order valence-corrected chi connectivity index (χ1v) is 5.63. The van der Waals surface area contributed by atoms with Gasteiger partial charge in [-0.15, -0.1) is 0 Å². The lowest BCUT2D eigenvalue weighted by Crippen LogP contribution is -2.27. The standard InChI is InChI=1S/C11H21N/c1-2-7-12-11-6-5-10(8-11)9-3-4-9/h9-12H,2-8H2,1H3. The Kier molecular flexibility index (Phi) is 2.69. The van der Waals surface area contributed by atoms with Crippen LogP contribution in [0.3, 0.4) is 0 Å². The van der Waals surface area contributed by atoms with E-state index in [1.807, 2.05) is 0 Å². The lowest BCUT2D eigenvalue weighted by atomic mass is 10.0. The van der Waals surface area contributed by atoms with Crippen LogP contribution in [0.1, 0.15) is 45.4 Å². The van der Waals surface area contributed by atoms with E-state index in [1.54, 1.807) is 0 Å². The van der Waals surface area contributed by atoms with E-state index in [2.05, 4.69) is 12.2 Å². The fourth-order valence-electron chi connectivity index (χ4n) is 2.55. The van der Waals surface area contributed by atoms with Gasteiger partial charge < -0.3 is 5.32 Å². The highest BCUT2D eigenvalue weighted by Gasteiger charge is 2.36. The molecule has 2 saturated carbocycles. The summed E-state index contributed by atoms with van der Waals surface area (Å²) in [6.45, 7) is 3.47. The van der Waals surface area contributed by atoms with Gasteiger partial charge in [-0.3, -0.25) is 0 Å². The molecule has 2 rings (SSSR count). The molecule has 2 aliphatic rings. The maximum atomic E-state index is 3.64. The second-order valence-corrected chi connectivity index (χ2v) is 4.56. The minimum Gasteiger partial charge on any atom is -0.314 e. The van der Waals surface area contributed by atoms with Crippen LogP contribution in [0.5, 0.6) is 0 Å². The molecule has 0 aliphatic heterocycles. The molecule has 2 unspecified atom stereocenters. The molecule has 1 nitrogen and oxygen atoms in total. The van der Waals surface area contributed by atoms with Gasteiger partial charge in [-0.2, -0.15) is 0 Å². The van der Waals surface area contributed by atoms with Crippen LogP contribution in [0.25, 0.3) is 0 Å². The van der Waals surface area contributed by atoms with Crippen molar-refractivity contribution in [2.45, 2.75) is 51.5 Å². The zero-order chi connectivity index (χ0) is 8.39. The molecule has 1 heteroatoms. The monoisotopic (exact) mass is 167 g/mol. The molecule has 0 spiro atoms. The summed E-state index contributed by atoms with van der Waals surface area (Å²) >= 11 is 0. The van der Waals surface area contributed by atoms with Crippen LogP contribution in [0.2, 0.25) is 0 Å². The smallest absolute Gasteiger partial charge is 0.00699 e. The van der Waals surface area contributed by atoms with Crippen molar-refractivity contribution in [2.24, 2.45) is 11.8 Å². The summed E-state index contributed by atoms with van der Waals surface area (Å²) in [5, 5.41) is 3.64.